The Morgan fingerprint density at radius 1 is 1.14 bits per heavy atom. The van der Waals surface area contributed by atoms with Gasteiger partial charge in [-0.05, 0) is 43.2 Å². The summed E-state index contributed by atoms with van der Waals surface area (Å²) in [5, 5.41) is 12.2. The van der Waals surface area contributed by atoms with Crippen molar-refractivity contribution in [1.82, 2.24) is 4.72 Å². The molecule has 29 heavy (non-hydrogen) atoms. The lowest BCUT2D eigenvalue weighted by molar-refractivity contribution is 0.0712. The normalized spacial score (nSPS) is 18.6. The van der Waals surface area contributed by atoms with E-state index in [2.05, 4.69) is 10.0 Å². The lowest BCUT2D eigenvalue weighted by Crippen LogP contribution is -2.46. The van der Waals surface area contributed by atoms with E-state index in [0.717, 1.165) is 0 Å². The third-order valence-corrected chi connectivity index (χ3v) is 6.50. The summed E-state index contributed by atoms with van der Waals surface area (Å²) in [4.78, 5) is 12.7. The average molecular weight is 441 g/mol. The minimum Gasteiger partial charge on any atom is -0.496 e. The highest BCUT2D eigenvalue weighted by molar-refractivity contribution is 7.89. The van der Waals surface area contributed by atoms with Crippen LogP contribution in [0.25, 0.3) is 0 Å². The molecule has 1 amide bonds. The molecule has 1 fully saturated rings. The van der Waals surface area contributed by atoms with Crippen LogP contribution >= 0.6 is 11.6 Å². The van der Waals surface area contributed by atoms with Crippen LogP contribution in [0.3, 0.4) is 0 Å². The van der Waals surface area contributed by atoms with Crippen LogP contribution in [-0.4, -0.2) is 45.8 Å². The van der Waals surface area contributed by atoms with E-state index in [1.54, 1.807) is 18.2 Å². The fraction of sp³-hybridized carbons (Fsp3) is 0.316. The monoisotopic (exact) mass is 440 g/mol. The zero-order valence-electron chi connectivity index (χ0n) is 15.8. The van der Waals surface area contributed by atoms with Crippen LogP contribution in [0.4, 0.5) is 5.69 Å². The van der Waals surface area contributed by atoms with Gasteiger partial charge in [0, 0.05) is 6.04 Å². The standard InChI is InChI=1S/C19H21ClN2O6S/c1-27-16-7-6-13(29(25,26)22-11-8-12(23)9-11)10-14(16)19(24)21-15-4-3-5-17(28-2)18(15)20/h3-7,10-12,22-23H,8-9H2,1-2H3,(H,21,24)/t11-,12+. The predicted octanol–water partition coefficient (Wildman–Crippen LogP) is 2.41. The zero-order valence-corrected chi connectivity index (χ0v) is 17.4. The number of halogens is 1. The number of amides is 1. The number of methoxy groups -OCH3 is 2. The number of aliphatic hydroxyl groups excluding tert-OH is 1. The number of sulfonamides is 1. The first-order valence-corrected chi connectivity index (χ1v) is 10.6. The summed E-state index contributed by atoms with van der Waals surface area (Å²) in [6.45, 7) is 0. The summed E-state index contributed by atoms with van der Waals surface area (Å²) in [6, 6.07) is 8.58. The van der Waals surface area contributed by atoms with Crippen LogP contribution in [0.2, 0.25) is 5.02 Å². The molecular weight excluding hydrogens is 420 g/mol. The van der Waals surface area contributed by atoms with E-state index >= 15 is 0 Å². The van der Waals surface area contributed by atoms with Crippen LogP contribution in [-0.2, 0) is 10.0 Å². The Balaban J connectivity index is 1.88. The van der Waals surface area contributed by atoms with Crippen LogP contribution in [0.15, 0.2) is 41.3 Å². The topological polar surface area (TPSA) is 114 Å². The van der Waals surface area contributed by atoms with Crippen molar-refractivity contribution in [2.75, 3.05) is 19.5 Å². The van der Waals surface area contributed by atoms with E-state index in [-0.39, 0.29) is 27.3 Å². The van der Waals surface area contributed by atoms with E-state index in [1.807, 2.05) is 0 Å². The molecule has 0 aliphatic heterocycles. The van der Waals surface area contributed by atoms with Crippen LogP contribution in [0.1, 0.15) is 23.2 Å². The molecular formula is C19H21ClN2O6S. The Hall–Kier alpha value is -2.33. The first-order valence-electron chi connectivity index (χ1n) is 8.77. The molecule has 0 heterocycles. The van der Waals surface area contributed by atoms with E-state index < -0.39 is 22.0 Å². The predicted molar refractivity (Wildman–Crippen MR) is 108 cm³/mol. The van der Waals surface area contributed by atoms with Crippen LogP contribution < -0.4 is 19.5 Å². The highest BCUT2D eigenvalue weighted by Gasteiger charge is 2.32. The molecule has 156 valence electrons. The number of aliphatic hydroxyl groups is 1. The Morgan fingerprint density at radius 2 is 1.83 bits per heavy atom. The number of carbonyl (C=O) groups excluding carboxylic acids is 1. The van der Waals surface area contributed by atoms with Crippen molar-refractivity contribution in [3.8, 4) is 11.5 Å². The fourth-order valence-electron chi connectivity index (χ4n) is 2.96. The number of hydrogen-bond acceptors (Lipinski definition) is 6. The van der Waals surface area contributed by atoms with Gasteiger partial charge in [0.1, 0.15) is 16.5 Å². The maximum Gasteiger partial charge on any atom is 0.259 e. The summed E-state index contributed by atoms with van der Waals surface area (Å²) in [5.74, 6) is 0.00676. The quantitative estimate of drug-likeness (QED) is 0.609. The van der Waals surface area contributed by atoms with Crippen LogP contribution in [0, 0.1) is 0 Å². The van der Waals surface area contributed by atoms with Crippen molar-refractivity contribution in [2.45, 2.75) is 29.9 Å². The highest BCUT2D eigenvalue weighted by atomic mass is 35.5. The van der Waals surface area contributed by atoms with Crippen molar-refractivity contribution < 1.29 is 27.8 Å². The molecule has 0 unspecified atom stereocenters. The van der Waals surface area contributed by atoms with Gasteiger partial charge >= 0.3 is 0 Å². The Bertz CT molecular complexity index is 1020. The molecule has 2 aromatic rings. The summed E-state index contributed by atoms with van der Waals surface area (Å²) in [6.07, 6.45) is 0.223. The number of carbonyl (C=O) groups is 1. The largest absolute Gasteiger partial charge is 0.496 e. The summed E-state index contributed by atoms with van der Waals surface area (Å²) in [7, 11) is -1.02. The smallest absolute Gasteiger partial charge is 0.259 e. The van der Waals surface area contributed by atoms with Gasteiger partial charge in [-0.3, -0.25) is 4.79 Å². The number of ether oxygens (including phenoxy) is 2. The first-order chi connectivity index (χ1) is 13.7. The maximum atomic E-state index is 12.8. The highest BCUT2D eigenvalue weighted by Crippen LogP contribution is 2.33. The molecule has 3 N–H and O–H groups in total. The number of benzene rings is 2. The van der Waals surface area contributed by atoms with Gasteiger partial charge in [-0.25, -0.2) is 13.1 Å². The van der Waals surface area contributed by atoms with Crippen LogP contribution in [0.5, 0.6) is 11.5 Å². The Morgan fingerprint density at radius 3 is 2.45 bits per heavy atom. The molecule has 1 aliphatic rings. The summed E-state index contributed by atoms with van der Waals surface area (Å²) >= 11 is 6.21. The first kappa shape index (κ1) is 21.4. The molecule has 3 rings (SSSR count). The Kier molecular flexibility index (Phi) is 6.33. The second-order valence-corrected chi connectivity index (χ2v) is 8.67. The van der Waals surface area contributed by atoms with Gasteiger partial charge in [0.15, 0.2) is 0 Å². The van der Waals surface area contributed by atoms with E-state index in [9.17, 15) is 18.3 Å². The molecule has 10 heteroatoms. The van der Waals surface area contributed by atoms with Gasteiger partial charge in [0.25, 0.3) is 5.91 Å². The molecule has 0 bridgehead atoms. The molecule has 0 saturated heterocycles. The number of anilines is 1. The van der Waals surface area contributed by atoms with Gasteiger partial charge in [-0.1, -0.05) is 17.7 Å². The van der Waals surface area contributed by atoms with Gasteiger partial charge in [-0.15, -0.1) is 0 Å². The molecule has 0 radical (unpaired) electrons. The zero-order chi connectivity index (χ0) is 21.2. The molecule has 8 nitrogen and oxygen atoms in total. The van der Waals surface area contributed by atoms with Gasteiger partial charge < -0.3 is 19.9 Å². The SMILES string of the molecule is COc1ccc(S(=O)(=O)N[C@H]2C[C@@H](O)C2)cc1C(=O)Nc1cccc(OC)c1Cl. The lowest BCUT2D eigenvalue weighted by atomic mass is 9.91. The fourth-order valence-corrected chi connectivity index (χ4v) is 4.50. The molecule has 1 saturated carbocycles. The van der Waals surface area contributed by atoms with E-state index in [4.69, 9.17) is 21.1 Å². The lowest BCUT2D eigenvalue weighted by Gasteiger charge is -2.31. The molecule has 0 atom stereocenters. The number of hydrogen-bond donors (Lipinski definition) is 3. The minimum absolute atomic E-state index is 0.0305. The van der Waals surface area contributed by atoms with Gasteiger partial charge in [0.2, 0.25) is 10.0 Å². The molecule has 2 aromatic carbocycles. The summed E-state index contributed by atoms with van der Waals surface area (Å²) in [5.41, 5.74) is 0.343. The number of rotatable bonds is 7. The average Bonchev–Trinajstić information content (AvgIpc) is 2.67. The molecule has 1 aliphatic carbocycles. The van der Waals surface area contributed by atoms with Crippen molar-refractivity contribution >= 4 is 33.2 Å². The summed E-state index contributed by atoms with van der Waals surface area (Å²) < 4.78 is 38.1. The van der Waals surface area contributed by atoms with E-state index in [0.29, 0.717) is 24.3 Å². The van der Waals surface area contributed by atoms with E-state index in [1.165, 1.54) is 32.4 Å². The van der Waals surface area contributed by atoms with Crippen molar-refractivity contribution in [2.24, 2.45) is 0 Å². The Labute approximate surface area is 173 Å². The second-order valence-electron chi connectivity index (χ2n) is 6.58. The third-order valence-electron chi connectivity index (χ3n) is 4.59. The number of nitrogens with one attached hydrogen (secondary N) is 2. The van der Waals surface area contributed by atoms with Gasteiger partial charge in [-0.2, -0.15) is 0 Å². The van der Waals surface area contributed by atoms with Crippen molar-refractivity contribution in [1.29, 1.82) is 0 Å². The minimum atomic E-state index is -3.86. The molecule has 0 aromatic heterocycles. The second kappa shape index (κ2) is 8.58. The maximum absolute atomic E-state index is 12.8. The molecule has 0 spiro atoms. The van der Waals surface area contributed by atoms with Crippen molar-refractivity contribution in [3.63, 3.8) is 0 Å². The third kappa shape index (κ3) is 4.64. The van der Waals surface area contributed by atoms with Gasteiger partial charge in [0.05, 0.1) is 36.5 Å². The van der Waals surface area contributed by atoms with Crippen molar-refractivity contribution in [3.05, 3.63) is 47.0 Å².